The third kappa shape index (κ3) is 6.07. The van der Waals surface area contributed by atoms with Crippen LogP contribution < -0.4 is 0 Å². The molecule has 0 amide bonds. The van der Waals surface area contributed by atoms with Gasteiger partial charge < -0.3 is 4.43 Å². The standard InChI is InChI=1S/C9H18OSi/c1-6-8-9(7-2)10-11(3,4)5/h6-7,9H,1-2,8H2,3-5H3. The minimum Gasteiger partial charge on any atom is -0.411 e. The van der Waals surface area contributed by atoms with Gasteiger partial charge in [0.2, 0.25) is 0 Å². The van der Waals surface area contributed by atoms with Gasteiger partial charge in [-0.1, -0.05) is 12.2 Å². The molecular weight excluding hydrogens is 152 g/mol. The van der Waals surface area contributed by atoms with Crippen molar-refractivity contribution in [3.05, 3.63) is 25.3 Å². The highest BCUT2D eigenvalue weighted by molar-refractivity contribution is 6.69. The van der Waals surface area contributed by atoms with E-state index in [0.29, 0.717) is 0 Å². The lowest BCUT2D eigenvalue weighted by Gasteiger charge is -2.22. The Bertz CT molecular complexity index is 135. The van der Waals surface area contributed by atoms with Gasteiger partial charge in [0.15, 0.2) is 8.32 Å². The highest BCUT2D eigenvalue weighted by atomic mass is 28.4. The van der Waals surface area contributed by atoms with Crippen LogP contribution in [0.25, 0.3) is 0 Å². The van der Waals surface area contributed by atoms with E-state index >= 15 is 0 Å². The van der Waals surface area contributed by atoms with Crippen molar-refractivity contribution in [1.82, 2.24) is 0 Å². The molecule has 0 radical (unpaired) electrons. The van der Waals surface area contributed by atoms with Gasteiger partial charge in [0.1, 0.15) is 0 Å². The normalized spacial score (nSPS) is 14.1. The fraction of sp³-hybridized carbons (Fsp3) is 0.556. The summed E-state index contributed by atoms with van der Waals surface area (Å²) in [4.78, 5) is 0. The first-order chi connectivity index (χ1) is 4.99. The third-order valence-corrected chi connectivity index (χ3v) is 2.18. The summed E-state index contributed by atoms with van der Waals surface area (Å²) in [6.45, 7) is 13.9. The lowest BCUT2D eigenvalue weighted by molar-refractivity contribution is 0.246. The second kappa shape index (κ2) is 4.52. The Morgan fingerprint density at radius 1 is 1.36 bits per heavy atom. The average Bonchev–Trinajstić information content (AvgIpc) is 1.84. The van der Waals surface area contributed by atoms with Gasteiger partial charge in [0.05, 0.1) is 6.10 Å². The van der Waals surface area contributed by atoms with E-state index in [2.05, 4.69) is 32.8 Å². The first-order valence-corrected chi connectivity index (χ1v) is 7.31. The van der Waals surface area contributed by atoms with Gasteiger partial charge in [0, 0.05) is 0 Å². The van der Waals surface area contributed by atoms with Crippen LogP contribution in [0.3, 0.4) is 0 Å². The Labute approximate surface area is 70.9 Å². The van der Waals surface area contributed by atoms with E-state index in [-0.39, 0.29) is 6.10 Å². The van der Waals surface area contributed by atoms with Crippen molar-refractivity contribution in [3.63, 3.8) is 0 Å². The van der Waals surface area contributed by atoms with Crippen molar-refractivity contribution in [1.29, 1.82) is 0 Å². The summed E-state index contributed by atoms with van der Waals surface area (Å²) >= 11 is 0. The molecule has 2 heteroatoms. The highest BCUT2D eigenvalue weighted by Crippen LogP contribution is 2.10. The SMILES string of the molecule is C=CCC(C=C)O[Si](C)(C)C. The molecule has 0 fully saturated rings. The zero-order chi connectivity index (χ0) is 8.91. The molecule has 0 aliphatic carbocycles. The zero-order valence-electron chi connectivity index (χ0n) is 7.76. The molecule has 1 nitrogen and oxygen atoms in total. The van der Waals surface area contributed by atoms with E-state index in [9.17, 15) is 0 Å². The Balaban J connectivity index is 3.87. The molecule has 11 heavy (non-hydrogen) atoms. The summed E-state index contributed by atoms with van der Waals surface area (Å²) in [7, 11) is -1.40. The number of hydrogen-bond donors (Lipinski definition) is 0. The molecule has 0 rings (SSSR count). The van der Waals surface area contributed by atoms with E-state index in [0.717, 1.165) is 6.42 Å². The molecule has 64 valence electrons. The summed E-state index contributed by atoms with van der Waals surface area (Å²) < 4.78 is 5.78. The van der Waals surface area contributed by atoms with Crippen LogP contribution in [-0.4, -0.2) is 14.4 Å². The minimum absolute atomic E-state index is 0.166. The van der Waals surface area contributed by atoms with Crippen LogP contribution in [0.15, 0.2) is 25.3 Å². The zero-order valence-corrected chi connectivity index (χ0v) is 8.76. The second-order valence-electron chi connectivity index (χ2n) is 3.53. The first kappa shape index (κ1) is 10.7. The molecule has 1 atom stereocenters. The van der Waals surface area contributed by atoms with Crippen molar-refractivity contribution in [2.75, 3.05) is 0 Å². The van der Waals surface area contributed by atoms with Crippen molar-refractivity contribution < 1.29 is 4.43 Å². The predicted molar refractivity (Wildman–Crippen MR) is 53.2 cm³/mol. The van der Waals surface area contributed by atoms with Crippen LogP contribution in [-0.2, 0) is 4.43 Å². The van der Waals surface area contributed by atoms with Gasteiger partial charge >= 0.3 is 0 Å². The van der Waals surface area contributed by atoms with Gasteiger partial charge in [-0.05, 0) is 26.1 Å². The van der Waals surface area contributed by atoms with Crippen LogP contribution in [0.5, 0.6) is 0 Å². The molecule has 0 saturated carbocycles. The molecule has 0 aromatic heterocycles. The van der Waals surface area contributed by atoms with Crippen LogP contribution in [0.4, 0.5) is 0 Å². The summed E-state index contributed by atoms with van der Waals surface area (Å²) in [6, 6.07) is 0. The van der Waals surface area contributed by atoms with Crippen molar-refractivity contribution in [2.45, 2.75) is 32.2 Å². The Hall–Kier alpha value is -0.343. The first-order valence-electron chi connectivity index (χ1n) is 3.91. The lowest BCUT2D eigenvalue weighted by Crippen LogP contribution is -2.30. The Kier molecular flexibility index (Phi) is 4.38. The molecule has 0 bridgehead atoms. The van der Waals surface area contributed by atoms with Gasteiger partial charge in [-0.25, -0.2) is 0 Å². The quantitative estimate of drug-likeness (QED) is 0.455. The molecule has 0 N–H and O–H groups in total. The fourth-order valence-electron chi connectivity index (χ4n) is 0.811. The maximum atomic E-state index is 5.78. The van der Waals surface area contributed by atoms with Crippen LogP contribution in [0.1, 0.15) is 6.42 Å². The summed E-state index contributed by atoms with van der Waals surface area (Å²) in [5, 5.41) is 0. The molecular formula is C9H18OSi. The molecule has 0 aliphatic heterocycles. The topological polar surface area (TPSA) is 9.23 Å². The minimum atomic E-state index is -1.40. The largest absolute Gasteiger partial charge is 0.411 e. The molecule has 0 aromatic rings. The second-order valence-corrected chi connectivity index (χ2v) is 7.99. The smallest absolute Gasteiger partial charge is 0.184 e. The highest BCUT2D eigenvalue weighted by Gasteiger charge is 2.17. The average molecular weight is 170 g/mol. The molecule has 0 heterocycles. The maximum Gasteiger partial charge on any atom is 0.184 e. The van der Waals surface area contributed by atoms with E-state index < -0.39 is 8.32 Å². The molecule has 0 saturated heterocycles. The van der Waals surface area contributed by atoms with Gasteiger partial charge in [-0.2, -0.15) is 0 Å². The van der Waals surface area contributed by atoms with E-state index in [1.807, 2.05) is 12.2 Å². The molecule has 0 aromatic carbocycles. The van der Waals surface area contributed by atoms with E-state index in [4.69, 9.17) is 4.43 Å². The number of hydrogen-bond acceptors (Lipinski definition) is 1. The summed E-state index contributed by atoms with van der Waals surface area (Å²) in [5.74, 6) is 0. The van der Waals surface area contributed by atoms with E-state index in [1.165, 1.54) is 0 Å². The maximum absolute atomic E-state index is 5.78. The predicted octanol–water partition coefficient (Wildman–Crippen LogP) is 2.97. The van der Waals surface area contributed by atoms with Crippen molar-refractivity contribution in [2.24, 2.45) is 0 Å². The summed E-state index contributed by atoms with van der Waals surface area (Å²) in [5.41, 5.74) is 0. The van der Waals surface area contributed by atoms with Crippen LogP contribution in [0, 0.1) is 0 Å². The summed E-state index contributed by atoms with van der Waals surface area (Å²) in [6.07, 6.45) is 4.75. The van der Waals surface area contributed by atoms with Gasteiger partial charge in [-0.15, -0.1) is 13.2 Å². The van der Waals surface area contributed by atoms with E-state index in [1.54, 1.807) is 0 Å². The molecule has 0 spiro atoms. The Morgan fingerprint density at radius 3 is 2.18 bits per heavy atom. The van der Waals surface area contributed by atoms with Crippen molar-refractivity contribution in [3.8, 4) is 0 Å². The Morgan fingerprint density at radius 2 is 1.91 bits per heavy atom. The lowest BCUT2D eigenvalue weighted by atomic mass is 10.2. The number of rotatable bonds is 5. The molecule has 1 unspecified atom stereocenters. The van der Waals surface area contributed by atoms with Crippen LogP contribution in [0.2, 0.25) is 19.6 Å². The van der Waals surface area contributed by atoms with Crippen molar-refractivity contribution >= 4 is 8.32 Å². The van der Waals surface area contributed by atoms with Gasteiger partial charge in [0.25, 0.3) is 0 Å². The third-order valence-electron chi connectivity index (χ3n) is 1.17. The van der Waals surface area contributed by atoms with Crippen LogP contribution >= 0.6 is 0 Å². The molecule has 0 aliphatic rings. The monoisotopic (exact) mass is 170 g/mol. The van der Waals surface area contributed by atoms with Gasteiger partial charge in [-0.3, -0.25) is 0 Å². The fourth-order valence-corrected chi connectivity index (χ4v) is 1.91.